The van der Waals surface area contributed by atoms with E-state index in [1.54, 1.807) is 32.9 Å². The van der Waals surface area contributed by atoms with Crippen LogP contribution in [0.4, 0.5) is 9.80 Å². The number of nitrogens with one attached hydrogen (secondary N) is 1. The fourth-order valence-electron chi connectivity index (χ4n) is 1.36. The number of nitrogens with two attached hydrogens (primary N) is 1. The Morgan fingerprint density at radius 2 is 2.11 bits per heavy atom. The molecule has 1 atom stereocenters. The highest BCUT2D eigenvalue weighted by Crippen LogP contribution is 2.19. The summed E-state index contributed by atoms with van der Waals surface area (Å²) in [4.78, 5) is 23.5. The smallest absolute Gasteiger partial charge is 0.408 e. The third kappa shape index (κ3) is 5.60. The molecule has 0 aliphatic carbocycles. The average Bonchev–Trinajstić information content (AvgIpc) is 2.60. The van der Waals surface area contributed by atoms with Gasteiger partial charge in [0, 0.05) is 11.3 Å². The van der Waals surface area contributed by atoms with Crippen LogP contribution in [0.25, 0.3) is 0 Å². The minimum atomic E-state index is -1.11. The van der Waals surface area contributed by atoms with Crippen molar-refractivity contribution in [1.82, 2.24) is 5.32 Å². The summed E-state index contributed by atoms with van der Waals surface area (Å²) in [6.07, 6.45) is -0.569. The first-order valence-corrected chi connectivity index (χ1v) is 6.55. The first kappa shape index (κ1) is 15.3. The summed E-state index contributed by atoms with van der Waals surface area (Å²) >= 11 is 1.30. The highest BCUT2D eigenvalue weighted by atomic mass is 32.1. The molecule has 6 nitrogen and oxygen atoms in total. The number of amides is 1. The lowest BCUT2D eigenvalue weighted by molar-refractivity contribution is -0.139. The number of nitrogen functional groups attached to an aromatic ring is 1. The van der Waals surface area contributed by atoms with Gasteiger partial charge in [-0.05, 0) is 32.9 Å². The Hall–Kier alpha value is -1.76. The van der Waals surface area contributed by atoms with Crippen molar-refractivity contribution >= 4 is 28.4 Å². The van der Waals surface area contributed by atoms with Gasteiger partial charge in [0.2, 0.25) is 0 Å². The maximum Gasteiger partial charge on any atom is 0.408 e. The van der Waals surface area contributed by atoms with Crippen LogP contribution < -0.4 is 11.1 Å². The maximum absolute atomic E-state index is 11.6. The van der Waals surface area contributed by atoms with Gasteiger partial charge in [-0.1, -0.05) is 0 Å². The Kier molecular flexibility index (Phi) is 4.77. The molecule has 0 aliphatic heterocycles. The van der Waals surface area contributed by atoms with Crippen molar-refractivity contribution in [3.63, 3.8) is 0 Å². The molecule has 0 bridgehead atoms. The quantitative estimate of drug-likeness (QED) is 0.784. The lowest BCUT2D eigenvalue weighted by atomic mass is 10.2. The Morgan fingerprint density at radius 1 is 1.47 bits per heavy atom. The molecule has 0 saturated heterocycles. The first-order chi connectivity index (χ1) is 8.67. The number of hydrogen-bond acceptors (Lipinski definition) is 5. The zero-order chi connectivity index (χ0) is 14.6. The average molecular weight is 286 g/mol. The first-order valence-electron chi connectivity index (χ1n) is 5.74. The third-order valence-corrected chi connectivity index (χ3v) is 3.01. The summed E-state index contributed by atoms with van der Waals surface area (Å²) in [6, 6.07) is 2.41. The molecule has 7 heteroatoms. The predicted octanol–water partition coefficient (Wildman–Crippen LogP) is 1.85. The van der Waals surface area contributed by atoms with E-state index < -0.39 is 23.7 Å². The minimum absolute atomic E-state index is 0.177. The van der Waals surface area contributed by atoms with E-state index in [2.05, 4.69) is 5.32 Å². The van der Waals surface area contributed by atoms with Gasteiger partial charge in [-0.3, -0.25) is 0 Å². The number of carboxylic acids is 1. The molecule has 1 aromatic heterocycles. The van der Waals surface area contributed by atoms with Crippen molar-refractivity contribution in [2.75, 3.05) is 5.73 Å². The van der Waals surface area contributed by atoms with Gasteiger partial charge in [-0.25, -0.2) is 9.59 Å². The van der Waals surface area contributed by atoms with E-state index in [9.17, 15) is 9.59 Å². The molecule has 0 aromatic carbocycles. The highest BCUT2D eigenvalue weighted by molar-refractivity contribution is 7.15. The van der Waals surface area contributed by atoms with Crippen molar-refractivity contribution in [2.24, 2.45) is 0 Å². The van der Waals surface area contributed by atoms with Gasteiger partial charge in [0.15, 0.2) is 0 Å². The maximum atomic E-state index is 11.6. The van der Waals surface area contributed by atoms with Gasteiger partial charge in [-0.2, -0.15) is 0 Å². The van der Waals surface area contributed by atoms with Gasteiger partial charge in [0.1, 0.15) is 11.6 Å². The van der Waals surface area contributed by atoms with E-state index in [0.29, 0.717) is 5.00 Å². The SMILES string of the molecule is CC(C)(C)OC(=O)N[C@@H](Cc1ccc(N)s1)C(=O)O. The fourth-order valence-corrected chi connectivity index (χ4v) is 2.18. The van der Waals surface area contributed by atoms with Crippen molar-refractivity contribution < 1.29 is 19.4 Å². The normalized spacial score (nSPS) is 12.8. The Bertz CT molecular complexity index is 465. The summed E-state index contributed by atoms with van der Waals surface area (Å²) in [7, 11) is 0. The largest absolute Gasteiger partial charge is 0.480 e. The number of thiophene rings is 1. The number of carbonyl (C=O) groups is 2. The Balaban J connectivity index is 2.63. The standard InChI is InChI=1S/C12H18N2O4S/c1-12(2,3)18-11(17)14-8(10(15)16)6-7-4-5-9(13)19-7/h4-5,8H,6,13H2,1-3H3,(H,14,17)(H,15,16)/t8-/m0/s1. The molecule has 0 spiro atoms. The fraction of sp³-hybridized carbons (Fsp3) is 0.500. The van der Waals surface area contributed by atoms with Crippen molar-refractivity contribution in [3.05, 3.63) is 17.0 Å². The van der Waals surface area contributed by atoms with Crippen molar-refractivity contribution in [3.8, 4) is 0 Å². The second-order valence-electron chi connectivity index (χ2n) is 5.05. The van der Waals surface area contributed by atoms with E-state index in [1.807, 2.05) is 0 Å². The second kappa shape index (κ2) is 5.92. The van der Waals surface area contributed by atoms with Crippen LogP contribution in [0.3, 0.4) is 0 Å². The van der Waals surface area contributed by atoms with Gasteiger partial charge < -0.3 is 20.9 Å². The molecule has 0 aliphatic rings. The zero-order valence-electron chi connectivity index (χ0n) is 11.1. The van der Waals surface area contributed by atoms with E-state index in [4.69, 9.17) is 15.6 Å². The molecule has 106 valence electrons. The van der Waals surface area contributed by atoms with E-state index >= 15 is 0 Å². The van der Waals surface area contributed by atoms with Gasteiger partial charge >= 0.3 is 12.1 Å². The van der Waals surface area contributed by atoms with Crippen LogP contribution in [-0.4, -0.2) is 28.8 Å². The molecule has 19 heavy (non-hydrogen) atoms. The summed E-state index contributed by atoms with van der Waals surface area (Å²) in [5.74, 6) is -1.11. The molecule has 4 N–H and O–H groups in total. The zero-order valence-corrected chi connectivity index (χ0v) is 11.9. The number of ether oxygens (including phenoxy) is 1. The molecule has 0 fully saturated rings. The molecule has 0 unspecified atom stereocenters. The molecule has 1 rings (SSSR count). The van der Waals surface area contributed by atoms with Gasteiger partial charge in [-0.15, -0.1) is 11.3 Å². The molecule has 0 radical (unpaired) electrons. The number of aliphatic carboxylic acids is 1. The summed E-state index contributed by atoms with van der Waals surface area (Å²) in [6.45, 7) is 5.13. The summed E-state index contributed by atoms with van der Waals surface area (Å²) < 4.78 is 5.03. The van der Waals surface area contributed by atoms with Crippen molar-refractivity contribution in [1.29, 1.82) is 0 Å². The number of rotatable bonds is 4. The molecule has 1 amide bonds. The summed E-state index contributed by atoms with van der Waals surface area (Å²) in [5.41, 5.74) is 4.91. The van der Waals surface area contributed by atoms with Crippen LogP contribution in [0.5, 0.6) is 0 Å². The Morgan fingerprint density at radius 3 is 2.53 bits per heavy atom. The highest BCUT2D eigenvalue weighted by Gasteiger charge is 2.24. The number of hydrogen-bond donors (Lipinski definition) is 3. The number of alkyl carbamates (subject to hydrolysis) is 1. The van der Waals surface area contributed by atoms with Crippen molar-refractivity contribution in [2.45, 2.75) is 38.8 Å². The lowest BCUT2D eigenvalue weighted by Gasteiger charge is -2.21. The monoisotopic (exact) mass is 286 g/mol. The van der Waals surface area contributed by atoms with E-state index in [-0.39, 0.29) is 6.42 Å². The van der Waals surface area contributed by atoms with Crippen LogP contribution in [0.1, 0.15) is 25.6 Å². The number of carboxylic acid groups (broad SMARTS) is 1. The lowest BCUT2D eigenvalue weighted by Crippen LogP contribution is -2.44. The predicted molar refractivity (Wildman–Crippen MR) is 73.2 cm³/mol. The summed E-state index contributed by atoms with van der Waals surface area (Å²) in [5, 5.41) is 12.0. The second-order valence-corrected chi connectivity index (χ2v) is 6.25. The molecule has 1 aromatic rings. The molecule has 0 saturated carbocycles. The van der Waals surface area contributed by atoms with Crippen LogP contribution in [-0.2, 0) is 16.0 Å². The van der Waals surface area contributed by atoms with Crippen LogP contribution in [0.15, 0.2) is 12.1 Å². The Labute approximate surface area is 115 Å². The van der Waals surface area contributed by atoms with Crippen LogP contribution in [0, 0.1) is 0 Å². The number of anilines is 1. The third-order valence-electron chi connectivity index (χ3n) is 2.08. The molecule has 1 heterocycles. The minimum Gasteiger partial charge on any atom is -0.480 e. The van der Waals surface area contributed by atoms with Gasteiger partial charge in [0.25, 0.3) is 0 Å². The molecular formula is C12H18N2O4S. The van der Waals surface area contributed by atoms with E-state index in [0.717, 1.165) is 4.88 Å². The topological polar surface area (TPSA) is 102 Å². The molecular weight excluding hydrogens is 268 g/mol. The van der Waals surface area contributed by atoms with Crippen LogP contribution >= 0.6 is 11.3 Å². The van der Waals surface area contributed by atoms with Gasteiger partial charge in [0.05, 0.1) is 5.00 Å². The van der Waals surface area contributed by atoms with E-state index in [1.165, 1.54) is 11.3 Å². The van der Waals surface area contributed by atoms with Crippen LogP contribution in [0.2, 0.25) is 0 Å². The number of carbonyl (C=O) groups excluding carboxylic acids is 1.